The van der Waals surface area contributed by atoms with Crippen LogP contribution in [-0.2, 0) is 12.6 Å². The third-order valence-electron chi connectivity index (χ3n) is 4.13. The summed E-state index contributed by atoms with van der Waals surface area (Å²) in [7, 11) is 3.59. The number of ether oxygens (including phenoxy) is 1. The van der Waals surface area contributed by atoms with Crippen molar-refractivity contribution in [1.29, 1.82) is 0 Å². The fourth-order valence-electron chi connectivity index (χ4n) is 3.04. The summed E-state index contributed by atoms with van der Waals surface area (Å²) < 4.78 is 7.18. The van der Waals surface area contributed by atoms with Crippen LogP contribution >= 0.6 is 0 Å². The summed E-state index contributed by atoms with van der Waals surface area (Å²) in [5.74, 6) is 0.541. The first-order chi connectivity index (χ1) is 9.14. The lowest BCUT2D eigenvalue weighted by Gasteiger charge is -2.33. The SMILES string of the molecule is COc1cnc2c(n1)c(C1(N)CCCCC1)cn2C. The third kappa shape index (κ3) is 1.98. The van der Waals surface area contributed by atoms with E-state index in [9.17, 15) is 0 Å². The van der Waals surface area contributed by atoms with Gasteiger partial charge in [0, 0.05) is 24.3 Å². The maximum absolute atomic E-state index is 6.63. The summed E-state index contributed by atoms with van der Waals surface area (Å²) in [5, 5.41) is 0. The molecule has 2 N–H and O–H groups in total. The van der Waals surface area contributed by atoms with Crippen molar-refractivity contribution in [2.24, 2.45) is 12.8 Å². The Morgan fingerprint density at radius 1 is 1.32 bits per heavy atom. The molecule has 102 valence electrons. The van der Waals surface area contributed by atoms with Crippen LogP contribution in [0.1, 0.15) is 37.7 Å². The van der Waals surface area contributed by atoms with Gasteiger partial charge in [-0.2, -0.15) is 0 Å². The maximum Gasteiger partial charge on any atom is 0.232 e. The Kier molecular flexibility index (Phi) is 2.93. The van der Waals surface area contributed by atoms with E-state index in [1.807, 2.05) is 11.6 Å². The minimum absolute atomic E-state index is 0.265. The molecule has 0 unspecified atom stereocenters. The monoisotopic (exact) mass is 260 g/mol. The highest BCUT2D eigenvalue weighted by molar-refractivity contribution is 5.77. The number of hydrogen-bond donors (Lipinski definition) is 1. The first-order valence-electron chi connectivity index (χ1n) is 6.79. The zero-order valence-corrected chi connectivity index (χ0v) is 11.5. The van der Waals surface area contributed by atoms with Gasteiger partial charge in [-0.15, -0.1) is 0 Å². The molecule has 2 aromatic heterocycles. The van der Waals surface area contributed by atoms with Crippen LogP contribution in [0.25, 0.3) is 11.2 Å². The van der Waals surface area contributed by atoms with Crippen molar-refractivity contribution >= 4 is 11.2 Å². The molecular formula is C14H20N4O. The topological polar surface area (TPSA) is 66.0 Å². The van der Waals surface area contributed by atoms with Gasteiger partial charge < -0.3 is 15.0 Å². The molecule has 0 saturated heterocycles. The number of rotatable bonds is 2. The Balaban J connectivity index is 2.17. The van der Waals surface area contributed by atoms with Crippen molar-refractivity contribution in [2.45, 2.75) is 37.6 Å². The zero-order chi connectivity index (χ0) is 13.5. The minimum atomic E-state index is -0.265. The van der Waals surface area contributed by atoms with Gasteiger partial charge in [0.15, 0.2) is 5.65 Å². The standard InChI is InChI=1S/C14H20N4O/c1-18-9-10(14(15)6-4-3-5-7-14)12-13(18)16-8-11(17-12)19-2/h8-9H,3-7,15H2,1-2H3. The van der Waals surface area contributed by atoms with Crippen molar-refractivity contribution in [3.63, 3.8) is 0 Å². The number of methoxy groups -OCH3 is 1. The number of aromatic nitrogens is 3. The van der Waals surface area contributed by atoms with Gasteiger partial charge in [0.2, 0.25) is 5.88 Å². The van der Waals surface area contributed by atoms with Gasteiger partial charge in [-0.25, -0.2) is 9.97 Å². The zero-order valence-electron chi connectivity index (χ0n) is 11.5. The molecule has 1 fully saturated rings. The Morgan fingerprint density at radius 2 is 2.05 bits per heavy atom. The highest BCUT2D eigenvalue weighted by Crippen LogP contribution is 2.38. The second kappa shape index (κ2) is 4.49. The average molecular weight is 260 g/mol. The van der Waals surface area contributed by atoms with Crippen molar-refractivity contribution in [3.8, 4) is 5.88 Å². The van der Waals surface area contributed by atoms with Crippen LogP contribution in [0.4, 0.5) is 0 Å². The summed E-state index contributed by atoms with van der Waals surface area (Å²) in [4.78, 5) is 8.97. The van der Waals surface area contributed by atoms with Crippen LogP contribution in [0.2, 0.25) is 0 Å². The van der Waals surface area contributed by atoms with Gasteiger partial charge in [-0.1, -0.05) is 19.3 Å². The third-order valence-corrected chi connectivity index (χ3v) is 4.13. The molecule has 5 heteroatoms. The molecule has 0 radical (unpaired) electrons. The smallest absolute Gasteiger partial charge is 0.232 e. The van der Waals surface area contributed by atoms with Crippen molar-refractivity contribution in [1.82, 2.24) is 14.5 Å². The van der Waals surface area contributed by atoms with E-state index in [2.05, 4.69) is 16.2 Å². The van der Waals surface area contributed by atoms with Crippen LogP contribution in [0.3, 0.4) is 0 Å². The predicted molar refractivity (Wildman–Crippen MR) is 74.0 cm³/mol. The Hall–Kier alpha value is -1.62. The number of aryl methyl sites for hydroxylation is 1. The number of nitrogens with zero attached hydrogens (tertiary/aromatic N) is 3. The number of fused-ring (bicyclic) bond motifs is 1. The molecule has 1 aliphatic carbocycles. The van der Waals surface area contributed by atoms with E-state index in [1.165, 1.54) is 19.3 Å². The van der Waals surface area contributed by atoms with Crippen molar-refractivity contribution in [3.05, 3.63) is 18.0 Å². The van der Waals surface area contributed by atoms with Crippen molar-refractivity contribution < 1.29 is 4.74 Å². The average Bonchev–Trinajstić information content (AvgIpc) is 2.77. The molecule has 0 spiro atoms. The van der Waals surface area contributed by atoms with Crippen LogP contribution in [0, 0.1) is 0 Å². The number of hydrogen-bond acceptors (Lipinski definition) is 4. The summed E-state index contributed by atoms with van der Waals surface area (Å²) >= 11 is 0. The molecule has 0 amide bonds. The van der Waals surface area contributed by atoms with Gasteiger partial charge in [-0.3, -0.25) is 0 Å². The Morgan fingerprint density at radius 3 is 2.74 bits per heavy atom. The fraction of sp³-hybridized carbons (Fsp3) is 0.571. The van der Waals surface area contributed by atoms with Gasteiger partial charge in [0.25, 0.3) is 0 Å². The van der Waals surface area contributed by atoms with Crippen LogP contribution < -0.4 is 10.5 Å². The molecule has 19 heavy (non-hydrogen) atoms. The fourth-order valence-corrected chi connectivity index (χ4v) is 3.04. The molecule has 2 aromatic rings. The van der Waals surface area contributed by atoms with Crippen molar-refractivity contribution in [2.75, 3.05) is 7.11 Å². The molecule has 0 bridgehead atoms. The predicted octanol–water partition coefficient (Wildman–Crippen LogP) is 2.09. The van der Waals surface area contributed by atoms with E-state index in [-0.39, 0.29) is 5.54 Å². The Bertz CT molecular complexity index is 599. The lowest BCUT2D eigenvalue weighted by atomic mass is 9.78. The van der Waals surface area contributed by atoms with Gasteiger partial charge in [0.05, 0.1) is 13.3 Å². The lowest BCUT2D eigenvalue weighted by Crippen LogP contribution is -2.38. The van der Waals surface area contributed by atoms with Crippen LogP contribution in [0.15, 0.2) is 12.4 Å². The molecule has 2 heterocycles. The quantitative estimate of drug-likeness (QED) is 0.898. The molecular weight excluding hydrogens is 240 g/mol. The second-order valence-electron chi connectivity index (χ2n) is 5.46. The van der Waals surface area contributed by atoms with Crippen LogP contribution in [-0.4, -0.2) is 21.6 Å². The van der Waals surface area contributed by atoms with E-state index in [0.717, 1.165) is 29.6 Å². The highest BCUT2D eigenvalue weighted by Gasteiger charge is 2.33. The molecule has 1 saturated carbocycles. The number of nitrogens with two attached hydrogens (primary N) is 1. The lowest BCUT2D eigenvalue weighted by molar-refractivity contribution is 0.303. The summed E-state index contributed by atoms with van der Waals surface area (Å²) in [5.41, 5.74) is 9.22. The highest BCUT2D eigenvalue weighted by atomic mass is 16.5. The minimum Gasteiger partial charge on any atom is -0.480 e. The molecule has 0 aromatic carbocycles. The van der Waals surface area contributed by atoms with Gasteiger partial charge in [-0.05, 0) is 12.8 Å². The largest absolute Gasteiger partial charge is 0.480 e. The van der Waals surface area contributed by atoms with E-state index < -0.39 is 0 Å². The molecule has 0 atom stereocenters. The molecule has 0 aliphatic heterocycles. The molecule has 5 nitrogen and oxygen atoms in total. The molecule has 3 rings (SSSR count). The summed E-state index contributed by atoms with van der Waals surface area (Å²) in [6.07, 6.45) is 9.41. The Labute approximate surface area is 112 Å². The normalized spacial score (nSPS) is 18.7. The van der Waals surface area contributed by atoms with E-state index in [1.54, 1.807) is 13.3 Å². The van der Waals surface area contributed by atoms with Gasteiger partial charge in [0.1, 0.15) is 5.52 Å². The first-order valence-corrected chi connectivity index (χ1v) is 6.79. The molecule has 1 aliphatic rings. The van der Waals surface area contributed by atoms with E-state index in [4.69, 9.17) is 10.5 Å². The summed E-state index contributed by atoms with van der Waals surface area (Å²) in [6.45, 7) is 0. The van der Waals surface area contributed by atoms with E-state index in [0.29, 0.717) is 5.88 Å². The van der Waals surface area contributed by atoms with Gasteiger partial charge >= 0.3 is 0 Å². The maximum atomic E-state index is 6.63. The van der Waals surface area contributed by atoms with E-state index >= 15 is 0 Å². The summed E-state index contributed by atoms with van der Waals surface area (Å²) in [6, 6.07) is 0. The first kappa shape index (κ1) is 12.4. The second-order valence-corrected chi connectivity index (χ2v) is 5.46. The van der Waals surface area contributed by atoms with Crippen LogP contribution in [0.5, 0.6) is 5.88 Å².